The standard InChI is InChI=1S/C19H22O5/c1-12(2)5-4-6-13(3)9-10-23-14-7-8-16-15(11-14)17(20)18(21)19(22)24-16/h5,7-9,11,20-21H,4,6,10H2,1-3H3/b13-9+. The molecule has 0 amide bonds. The molecule has 24 heavy (non-hydrogen) atoms. The minimum Gasteiger partial charge on any atom is -0.504 e. The van der Waals surface area contributed by atoms with Crippen LogP contribution in [0, 0.1) is 0 Å². The summed E-state index contributed by atoms with van der Waals surface area (Å²) in [5.41, 5.74) is 1.77. The largest absolute Gasteiger partial charge is 0.504 e. The summed E-state index contributed by atoms with van der Waals surface area (Å²) >= 11 is 0. The zero-order valence-corrected chi connectivity index (χ0v) is 14.1. The van der Waals surface area contributed by atoms with Gasteiger partial charge in [0.2, 0.25) is 5.75 Å². The second kappa shape index (κ2) is 7.73. The summed E-state index contributed by atoms with van der Waals surface area (Å²) < 4.78 is 10.5. The maximum absolute atomic E-state index is 11.3. The Balaban J connectivity index is 2.06. The van der Waals surface area contributed by atoms with E-state index in [4.69, 9.17) is 9.15 Å². The van der Waals surface area contributed by atoms with Crippen molar-refractivity contribution in [2.45, 2.75) is 33.6 Å². The van der Waals surface area contributed by atoms with Gasteiger partial charge in [0, 0.05) is 0 Å². The highest BCUT2D eigenvalue weighted by Gasteiger charge is 2.13. The van der Waals surface area contributed by atoms with Gasteiger partial charge in [-0.3, -0.25) is 0 Å². The van der Waals surface area contributed by atoms with Gasteiger partial charge in [-0.1, -0.05) is 17.2 Å². The number of benzene rings is 1. The van der Waals surface area contributed by atoms with Gasteiger partial charge in [0.1, 0.15) is 17.9 Å². The second-order valence-corrected chi connectivity index (χ2v) is 5.93. The van der Waals surface area contributed by atoms with Crippen molar-refractivity contribution in [2.75, 3.05) is 6.61 Å². The topological polar surface area (TPSA) is 79.9 Å². The van der Waals surface area contributed by atoms with Crippen molar-refractivity contribution in [1.82, 2.24) is 0 Å². The highest BCUT2D eigenvalue weighted by molar-refractivity contribution is 5.86. The third-order valence-corrected chi connectivity index (χ3v) is 3.60. The summed E-state index contributed by atoms with van der Waals surface area (Å²) in [5, 5.41) is 19.5. The molecule has 2 rings (SSSR count). The Hall–Kier alpha value is -2.69. The van der Waals surface area contributed by atoms with Gasteiger partial charge in [-0.25, -0.2) is 4.79 Å². The monoisotopic (exact) mass is 330 g/mol. The Kier molecular flexibility index (Phi) is 5.68. The number of fused-ring (bicyclic) bond motifs is 1. The molecule has 0 aliphatic rings. The predicted molar refractivity (Wildman–Crippen MR) is 93.7 cm³/mol. The van der Waals surface area contributed by atoms with Crippen LogP contribution in [0.25, 0.3) is 11.0 Å². The molecule has 1 aromatic heterocycles. The smallest absolute Gasteiger partial charge is 0.382 e. The van der Waals surface area contributed by atoms with Crippen molar-refractivity contribution < 1.29 is 19.4 Å². The second-order valence-electron chi connectivity index (χ2n) is 5.93. The first kappa shape index (κ1) is 17.7. The van der Waals surface area contributed by atoms with E-state index in [1.54, 1.807) is 6.07 Å². The van der Waals surface area contributed by atoms with E-state index in [1.165, 1.54) is 23.3 Å². The molecule has 2 aromatic rings. The van der Waals surface area contributed by atoms with Gasteiger partial charge in [0.15, 0.2) is 5.75 Å². The number of rotatable bonds is 6. The summed E-state index contributed by atoms with van der Waals surface area (Å²) in [7, 11) is 0. The van der Waals surface area contributed by atoms with Gasteiger partial charge >= 0.3 is 5.63 Å². The predicted octanol–water partition coefficient (Wildman–Crippen LogP) is 4.28. The molecule has 1 heterocycles. The summed E-state index contributed by atoms with van der Waals surface area (Å²) in [4.78, 5) is 11.3. The molecule has 0 aliphatic carbocycles. The van der Waals surface area contributed by atoms with Gasteiger partial charge in [-0.05, 0) is 57.9 Å². The number of aromatic hydroxyl groups is 2. The third kappa shape index (κ3) is 4.41. The number of hydrogen-bond donors (Lipinski definition) is 2. The summed E-state index contributed by atoms with van der Waals surface area (Å²) in [6.07, 6.45) is 6.19. The fraction of sp³-hybridized carbons (Fsp3) is 0.316. The molecule has 0 bridgehead atoms. The summed E-state index contributed by atoms with van der Waals surface area (Å²) in [5.74, 6) is -0.783. The van der Waals surface area contributed by atoms with Gasteiger partial charge in [-0.2, -0.15) is 0 Å². The van der Waals surface area contributed by atoms with E-state index in [0.29, 0.717) is 12.4 Å². The quantitative estimate of drug-likeness (QED) is 0.610. The molecule has 0 unspecified atom stereocenters. The molecule has 0 saturated carbocycles. The van der Waals surface area contributed by atoms with E-state index < -0.39 is 17.1 Å². The fourth-order valence-corrected chi connectivity index (χ4v) is 2.22. The molecule has 2 N–H and O–H groups in total. The van der Waals surface area contributed by atoms with Crippen molar-refractivity contribution >= 4 is 11.0 Å². The minimum absolute atomic E-state index is 0.191. The molecule has 128 valence electrons. The lowest BCUT2D eigenvalue weighted by Gasteiger charge is -2.07. The van der Waals surface area contributed by atoms with E-state index >= 15 is 0 Å². The summed E-state index contributed by atoms with van der Waals surface area (Å²) in [6, 6.07) is 4.70. The molecule has 5 nitrogen and oxygen atoms in total. The van der Waals surface area contributed by atoms with Gasteiger partial charge in [0.05, 0.1) is 5.39 Å². The molecule has 0 radical (unpaired) electrons. The lowest BCUT2D eigenvalue weighted by atomic mass is 10.1. The molecule has 0 atom stereocenters. The maximum Gasteiger partial charge on any atom is 0.382 e. The van der Waals surface area contributed by atoms with Crippen molar-refractivity contribution in [1.29, 1.82) is 0 Å². The van der Waals surface area contributed by atoms with Crippen molar-refractivity contribution in [2.24, 2.45) is 0 Å². The Morgan fingerprint density at radius 1 is 1.17 bits per heavy atom. The van der Waals surface area contributed by atoms with E-state index in [2.05, 4.69) is 26.8 Å². The summed E-state index contributed by atoms with van der Waals surface area (Å²) in [6.45, 7) is 6.62. The lowest BCUT2D eigenvalue weighted by Crippen LogP contribution is -1.99. The van der Waals surface area contributed by atoms with E-state index in [1.807, 2.05) is 6.08 Å². The van der Waals surface area contributed by atoms with Crippen LogP contribution in [0.15, 0.2) is 50.7 Å². The first-order valence-electron chi connectivity index (χ1n) is 7.79. The van der Waals surface area contributed by atoms with Crippen molar-refractivity contribution in [3.8, 4) is 17.2 Å². The molecular weight excluding hydrogens is 308 g/mol. The average molecular weight is 330 g/mol. The van der Waals surface area contributed by atoms with Gasteiger partial charge in [-0.15, -0.1) is 0 Å². The van der Waals surface area contributed by atoms with Crippen LogP contribution < -0.4 is 10.4 Å². The van der Waals surface area contributed by atoms with Crippen LogP contribution in [0.1, 0.15) is 33.6 Å². The van der Waals surface area contributed by atoms with Crippen LogP contribution >= 0.6 is 0 Å². The lowest BCUT2D eigenvalue weighted by molar-refractivity contribution is 0.360. The van der Waals surface area contributed by atoms with E-state index in [9.17, 15) is 15.0 Å². The van der Waals surface area contributed by atoms with Crippen LogP contribution in [-0.2, 0) is 0 Å². The highest BCUT2D eigenvalue weighted by atomic mass is 16.5. The SMILES string of the molecule is CC(C)=CCC/C(C)=C/COc1ccc2oc(=O)c(O)c(O)c2c1. The van der Waals surface area contributed by atoms with Crippen LogP contribution in [-0.4, -0.2) is 16.8 Å². The average Bonchev–Trinajstić information content (AvgIpc) is 2.53. The molecule has 0 saturated heterocycles. The molecule has 1 aromatic carbocycles. The molecule has 5 heteroatoms. The van der Waals surface area contributed by atoms with Gasteiger partial charge < -0.3 is 19.4 Å². The third-order valence-electron chi connectivity index (χ3n) is 3.60. The van der Waals surface area contributed by atoms with Crippen LogP contribution in [0.5, 0.6) is 17.2 Å². The van der Waals surface area contributed by atoms with Crippen LogP contribution in [0.2, 0.25) is 0 Å². The zero-order chi connectivity index (χ0) is 17.7. The first-order chi connectivity index (χ1) is 11.4. The van der Waals surface area contributed by atoms with Crippen LogP contribution in [0.4, 0.5) is 0 Å². The molecule has 0 spiro atoms. The Morgan fingerprint density at radius 2 is 1.92 bits per heavy atom. The van der Waals surface area contributed by atoms with E-state index in [0.717, 1.165) is 12.8 Å². The van der Waals surface area contributed by atoms with E-state index in [-0.39, 0.29) is 11.0 Å². The van der Waals surface area contributed by atoms with Crippen LogP contribution in [0.3, 0.4) is 0 Å². The maximum atomic E-state index is 11.3. The number of allylic oxidation sites excluding steroid dienone is 3. The normalized spacial score (nSPS) is 11.5. The Morgan fingerprint density at radius 3 is 2.62 bits per heavy atom. The van der Waals surface area contributed by atoms with Crippen molar-refractivity contribution in [3.63, 3.8) is 0 Å². The minimum atomic E-state index is -0.969. The first-order valence-corrected chi connectivity index (χ1v) is 7.79. The highest BCUT2D eigenvalue weighted by Crippen LogP contribution is 2.32. The fourth-order valence-electron chi connectivity index (χ4n) is 2.22. The molecule has 0 aliphatic heterocycles. The number of ether oxygens (including phenoxy) is 1. The molecular formula is C19H22O5. The number of hydrogen-bond acceptors (Lipinski definition) is 5. The Bertz CT molecular complexity index is 839. The zero-order valence-electron chi connectivity index (χ0n) is 14.1. The van der Waals surface area contributed by atoms with Crippen molar-refractivity contribution in [3.05, 3.63) is 51.9 Å². The Labute approximate surface area is 140 Å². The molecule has 0 fully saturated rings. The van der Waals surface area contributed by atoms with Gasteiger partial charge in [0.25, 0.3) is 0 Å².